The summed E-state index contributed by atoms with van der Waals surface area (Å²) in [6.45, 7) is 5.94. The molecule has 15 heavy (non-hydrogen) atoms. The fraction of sp³-hybridized carbons (Fsp3) is 0.417. The van der Waals surface area contributed by atoms with Crippen molar-refractivity contribution in [1.82, 2.24) is 0 Å². The minimum Gasteiger partial charge on any atom is -0.481 e. The van der Waals surface area contributed by atoms with Crippen molar-refractivity contribution in [2.75, 3.05) is 5.73 Å². The Morgan fingerprint density at radius 1 is 1.33 bits per heavy atom. The molecule has 1 rings (SSSR count). The Morgan fingerprint density at radius 3 is 2.47 bits per heavy atom. The first kappa shape index (κ1) is 12.0. The van der Waals surface area contributed by atoms with E-state index in [0.717, 1.165) is 11.3 Å². The predicted octanol–water partition coefficient (Wildman–Crippen LogP) is 2.95. The summed E-state index contributed by atoms with van der Waals surface area (Å²) in [6.07, 6.45) is 0.597. The Morgan fingerprint density at radius 2 is 1.93 bits per heavy atom. The molecule has 0 spiro atoms. The summed E-state index contributed by atoms with van der Waals surface area (Å²) < 4.78 is 5.57. The number of rotatable bonds is 2. The second kappa shape index (κ2) is 4.62. The highest BCUT2D eigenvalue weighted by Crippen LogP contribution is 2.15. The van der Waals surface area contributed by atoms with Crippen molar-refractivity contribution >= 4 is 23.0 Å². The molecule has 0 saturated heterocycles. The van der Waals surface area contributed by atoms with E-state index in [-0.39, 0.29) is 5.60 Å². The molecule has 3 heteroatoms. The number of anilines is 1. The largest absolute Gasteiger partial charge is 0.481 e. The van der Waals surface area contributed by atoms with Gasteiger partial charge in [-0.15, -0.1) is 0 Å². The molecular weight excluding hydrogens is 206 g/mol. The van der Waals surface area contributed by atoms with Crippen molar-refractivity contribution in [2.45, 2.75) is 32.8 Å². The molecule has 0 aliphatic carbocycles. The molecule has 0 bridgehead atoms. The van der Waals surface area contributed by atoms with E-state index in [4.69, 9.17) is 22.7 Å². The first-order valence-corrected chi connectivity index (χ1v) is 5.34. The molecule has 1 aromatic rings. The molecular formula is C12H17NOS. The molecule has 0 aliphatic rings. The minimum absolute atomic E-state index is 0.235. The van der Waals surface area contributed by atoms with Gasteiger partial charge in [-0.05, 0) is 44.6 Å². The molecule has 0 saturated carbocycles. The fourth-order valence-corrected chi connectivity index (χ4v) is 1.63. The third kappa shape index (κ3) is 4.30. The molecule has 0 atom stereocenters. The lowest BCUT2D eigenvalue weighted by Crippen LogP contribution is -2.24. The Kier molecular flexibility index (Phi) is 3.69. The van der Waals surface area contributed by atoms with Crippen LogP contribution in [0.4, 0.5) is 5.69 Å². The highest BCUT2D eigenvalue weighted by Gasteiger charge is 2.14. The molecule has 1 aromatic carbocycles. The summed E-state index contributed by atoms with van der Waals surface area (Å²) in [7, 11) is 0. The van der Waals surface area contributed by atoms with Gasteiger partial charge in [0.25, 0.3) is 0 Å². The smallest absolute Gasteiger partial charge is 0.164 e. The lowest BCUT2D eigenvalue weighted by atomic mass is 10.1. The van der Waals surface area contributed by atoms with Crippen LogP contribution in [0.3, 0.4) is 0 Å². The molecule has 2 nitrogen and oxygen atoms in total. The summed E-state index contributed by atoms with van der Waals surface area (Å²) in [4.78, 5) is 0. The van der Waals surface area contributed by atoms with E-state index in [2.05, 4.69) is 0 Å². The Bertz CT molecular complexity index is 355. The van der Waals surface area contributed by atoms with Crippen LogP contribution in [0.1, 0.15) is 26.3 Å². The van der Waals surface area contributed by atoms with Gasteiger partial charge in [-0.3, -0.25) is 0 Å². The van der Waals surface area contributed by atoms with Crippen LogP contribution in [0.5, 0.6) is 0 Å². The Labute approximate surface area is 96.4 Å². The lowest BCUT2D eigenvalue weighted by Gasteiger charge is -2.21. The number of ether oxygens (including phenoxy) is 1. The summed E-state index contributed by atoms with van der Waals surface area (Å²) in [6, 6.07) is 7.70. The van der Waals surface area contributed by atoms with E-state index in [9.17, 15) is 0 Å². The van der Waals surface area contributed by atoms with E-state index >= 15 is 0 Å². The Hall–Kier alpha value is -1.09. The quantitative estimate of drug-likeness (QED) is 0.618. The first-order valence-electron chi connectivity index (χ1n) is 4.94. The number of para-hydroxylation sites is 1. The van der Waals surface area contributed by atoms with Crippen molar-refractivity contribution in [3.63, 3.8) is 0 Å². The number of benzene rings is 1. The number of hydrogen-bond donors (Lipinski definition) is 1. The van der Waals surface area contributed by atoms with Crippen molar-refractivity contribution in [3.8, 4) is 0 Å². The van der Waals surface area contributed by atoms with Gasteiger partial charge >= 0.3 is 0 Å². The average Bonchev–Trinajstić information content (AvgIpc) is 2.05. The molecule has 0 aromatic heterocycles. The van der Waals surface area contributed by atoms with Gasteiger partial charge in [0.15, 0.2) is 5.05 Å². The van der Waals surface area contributed by atoms with Gasteiger partial charge < -0.3 is 10.5 Å². The summed E-state index contributed by atoms with van der Waals surface area (Å²) in [5.74, 6) is 0. The predicted molar refractivity (Wildman–Crippen MR) is 68.0 cm³/mol. The van der Waals surface area contributed by atoms with E-state index < -0.39 is 0 Å². The molecule has 0 radical (unpaired) electrons. The van der Waals surface area contributed by atoms with Gasteiger partial charge in [0.2, 0.25) is 0 Å². The molecule has 0 aliphatic heterocycles. The van der Waals surface area contributed by atoms with E-state index in [1.165, 1.54) is 0 Å². The van der Waals surface area contributed by atoms with Gasteiger partial charge in [0.1, 0.15) is 5.60 Å². The SMILES string of the molecule is CC(C)(C)OC(=S)Cc1ccccc1N. The minimum atomic E-state index is -0.235. The highest BCUT2D eigenvalue weighted by atomic mass is 32.1. The topological polar surface area (TPSA) is 35.2 Å². The van der Waals surface area contributed by atoms with Gasteiger partial charge in [0, 0.05) is 12.1 Å². The maximum atomic E-state index is 5.82. The van der Waals surface area contributed by atoms with Crippen LogP contribution in [0.25, 0.3) is 0 Å². The Balaban J connectivity index is 2.64. The number of thiocarbonyl (C=S) groups is 1. The van der Waals surface area contributed by atoms with Gasteiger partial charge in [-0.1, -0.05) is 18.2 Å². The van der Waals surface area contributed by atoms with Gasteiger partial charge in [-0.2, -0.15) is 0 Å². The number of nitrogens with two attached hydrogens (primary N) is 1. The van der Waals surface area contributed by atoms with E-state index in [0.29, 0.717) is 11.5 Å². The molecule has 0 fully saturated rings. The highest BCUT2D eigenvalue weighted by molar-refractivity contribution is 7.80. The summed E-state index contributed by atoms with van der Waals surface area (Å²) in [5.41, 5.74) is 7.36. The first-order chi connectivity index (χ1) is 6.88. The van der Waals surface area contributed by atoms with Crippen LogP contribution in [-0.2, 0) is 11.2 Å². The molecule has 0 unspecified atom stereocenters. The molecule has 2 N–H and O–H groups in total. The monoisotopic (exact) mass is 223 g/mol. The van der Waals surface area contributed by atoms with Crippen LogP contribution in [-0.4, -0.2) is 10.7 Å². The normalized spacial score (nSPS) is 11.1. The second-order valence-electron chi connectivity index (χ2n) is 4.46. The van der Waals surface area contributed by atoms with Crippen molar-refractivity contribution < 1.29 is 4.74 Å². The number of hydrogen-bond acceptors (Lipinski definition) is 3. The van der Waals surface area contributed by atoms with E-state index in [1.807, 2.05) is 45.0 Å². The zero-order valence-electron chi connectivity index (χ0n) is 9.41. The lowest BCUT2D eigenvalue weighted by molar-refractivity contribution is 0.118. The number of nitrogen functional groups attached to an aromatic ring is 1. The van der Waals surface area contributed by atoms with Crippen molar-refractivity contribution in [1.29, 1.82) is 0 Å². The maximum absolute atomic E-state index is 5.82. The third-order valence-corrected chi connectivity index (χ3v) is 2.04. The zero-order valence-corrected chi connectivity index (χ0v) is 10.2. The average molecular weight is 223 g/mol. The maximum Gasteiger partial charge on any atom is 0.164 e. The second-order valence-corrected chi connectivity index (χ2v) is 4.92. The standard InChI is InChI=1S/C12H17NOS/c1-12(2,3)14-11(15)8-9-6-4-5-7-10(9)13/h4-7H,8,13H2,1-3H3. The van der Waals surface area contributed by atoms with Crippen molar-refractivity contribution in [3.05, 3.63) is 29.8 Å². The summed E-state index contributed by atoms with van der Waals surface area (Å²) >= 11 is 5.17. The molecule has 0 amide bonds. The molecule has 82 valence electrons. The zero-order chi connectivity index (χ0) is 11.5. The van der Waals surface area contributed by atoms with Crippen LogP contribution < -0.4 is 5.73 Å². The third-order valence-electron chi connectivity index (χ3n) is 1.81. The van der Waals surface area contributed by atoms with Crippen LogP contribution in [0, 0.1) is 0 Å². The van der Waals surface area contributed by atoms with Gasteiger partial charge in [-0.25, -0.2) is 0 Å². The van der Waals surface area contributed by atoms with Crippen LogP contribution in [0.2, 0.25) is 0 Å². The molecule has 0 heterocycles. The van der Waals surface area contributed by atoms with Crippen molar-refractivity contribution in [2.24, 2.45) is 0 Å². The van der Waals surface area contributed by atoms with E-state index in [1.54, 1.807) is 0 Å². The van der Waals surface area contributed by atoms with Crippen LogP contribution in [0.15, 0.2) is 24.3 Å². The summed E-state index contributed by atoms with van der Waals surface area (Å²) in [5, 5.41) is 0.584. The fourth-order valence-electron chi connectivity index (χ4n) is 1.23. The van der Waals surface area contributed by atoms with Crippen LogP contribution >= 0.6 is 12.2 Å². The van der Waals surface area contributed by atoms with Gasteiger partial charge in [0.05, 0.1) is 0 Å².